The Morgan fingerprint density at radius 3 is 2.64 bits per heavy atom. The summed E-state index contributed by atoms with van der Waals surface area (Å²) in [4.78, 5) is 28.9. The van der Waals surface area contributed by atoms with E-state index in [0.717, 1.165) is 41.1 Å². The lowest BCUT2D eigenvalue weighted by atomic mass is 10.0. The number of nitrogens with one attached hydrogen (secondary N) is 2. The van der Waals surface area contributed by atoms with Crippen molar-refractivity contribution in [2.75, 3.05) is 29.9 Å². The molecule has 0 bridgehead atoms. The summed E-state index contributed by atoms with van der Waals surface area (Å²) in [6.07, 6.45) is 1.78. The number of thioether (sulfide) groups is 1. The molecule has 1 fully saturated rings. The van der Waals surface area contributed by atoms with Crippen LogP contribution < -0.4 is 5.32 Å². The van der Waals surface area contributed by atoms with Gasteiger partial charge in [-0.15, -0.1) is 0 Å². The Balaban J connectivity index is 1.91. The van der Waals surface area contributed by atoms with Crippen molar-refractivity contribution < 1.29 is 14.7 Å². The van der Waals surface area contributed by atoms with Crippen LogP contribution in [0.15, 0.2) is 24.4 Å². The lowest BCUT2D eigenvalue weighted by Gasteiger charge is -2.31. The number of anilines is 1. The number of hydrogen-bond acceptors (Lipinski definition) is 4. The number of aromatic amines is 1. The Bertz CT molecular complexity index is 781. The highest BCUT2D eigenvalue weighted by atomic mass is 32.2. The molecule has 0 unspecified atom stereocenters. The van der Waals surface area contributed by atoms with Crippen LogP contribution in [0.3, 0.4) is 0 Å². The smallest absolute Gasteiger partial charge is 0.325 e. The van der Waals surface area contributed by atoms with Crippen LogP contribution in [0.1, 0.15) is 25.5 Å². The zero-order chi connectivity index (χ0) is 18.0. The number of H-pyrrole nitrogens is 1. The average Bonchev–Trinajstić information content (AvgIpc) is 2.98. The number of hydrogen-bond donors (Lipinski definition) is 3. The summed E-state index contributed by atoms with van der Waals surface area (Å²) in [5.41, 5.74) is 2.31. The number of rotatable bonds is 5. The van der Waals surface area contributed by atoms with Crippen molar-refractivity contribution in [3.63, 3.8) is 0 Å². The van der Waals surface area contributed by atoms with Gasteiger partial charge in [-0.25, -0.2) is 0 Å². The molecule has 0 aliphatic carbocycles. The van der Waals surface area contributed by atoms with E-state index < -0.39 is 12.0 Å². The van der Waals surface area contributed by atoms with Gasteiger partial charge in [0.1, 0.15) is 6.04 Å². The summed E-state index contributed by atoms with van der Waals surface area (Å²) in [6, 6.07) is 4.91. The zero-order valence-electron chi connectivity index (χ0n) is 14.4. The number of carbonyl (C=O) groups excluding carboxylic acids is 1. The highest BCUT2D eigenvalue weighted by Crippen LogP contribution is 2.31. The zero-order valence-corrected chi connectivity index (χ0v) is 15.2. The first-order valence-corrected chi connectivity index (χ1v) is 9.59. The largest absolute Gasteiger partial charge is 0.480 e. The topological polar surface area (TPSA) is 85.4 Å². The third kappa shape index (κ3) is 3.82. The molecule has 1 aromatic carbocycles. The fourth-order valence-electron chi connectivity index (χ4n) is 3.06. The third-order valence-corrected chi connectivity index (χ3v) is 5.39. The van der Waals surface area contributed by atoms with Gasteiger partial charge in [-0.1, -0.05) is 19.9 Å². The highest BCUT2D eigenvalue weighted by Gasteiger charge is 2.30. The first-order valence-electron chi connectivity index (χ1n) is 8.44. The van der Waals surface area contributed by atoms with Gasteiger partial charge < -0.3 is 15.4 Å². The van der Waals surface area contributed by atoms with Gasteiger partial charge in [0, 0.05) is 58.9 Å². The molecule has 1 aliphatic heterocycles. The maximum absolute atomic E-state index is 11.9. The van der Waals surface area contributed by atoms with E-state index in [1.54, 1.807) is 6.20 Å². The standard InChI is InChI=1S/C18H23N3O3S/c1-11(2)17(22)20-12-3-4-13-14(10-19-15(13)9-12)16(18(23)24)21-5-7-25-8-6-21/h3-4,9-11,16,19H,5-8H2,1-2H3,(H,20,22)(H,23,24)/t16-/m1/s1. The first kappa shape index (κ1) is 17.8. The van der Waals surface area contributed by atoms with Crippen molar-refractivity contribution in [1.29, 1.82) is 0 Å². The predicted molar refractivity (Wildman–Crippen MR) is 101 cm³/mol. The SMILES string of the molecule is CC(C)C(=O)Nc1ccc2c([C@H](C(=O)O)N3CCSCC3)c[nH]c2c1. The van der Waals surface area contributed by atoms with Crippen LogP contribution in [-0.4, -0.2) is 51.5 Å². The molecule has 134 valence electrons. The summed E-state index contributed by atoms with van der Waals surface area (Å²) >= 11 is 1.86. The van der Waals surface area contributed by atoms with E-state index in [9.17, 15) is 14.7 Å². The van der Waals surface area contributed by atoms with Crippen LogP contribution in [-0.2, 0) is 9.59 Å². The van der Waals surface area contributed by atoms with Gasteiger partial charge in [-0.2, -0.15) is 11.8 Å². The van der Waals surface area contributed by atoms with Gasteiger partial charge in [-0.05, 0) is 12.1 Å². The van der Waals surface area contributed by atoms with Gasteiger partial charge in [0.15, 0.2) is 0 Å². The van der Waals surface area contributed by atoms with E-state index >= 15 is 0 Å². The number of benzene rings is 1. The first-order chi connectivity index (χ1) is 12.0. The lowest BCUT2D eigenvalue weighted by molar-refractivity contribution is -0.143. The molecule has 2 heterocycles. The van der Waals surface area contributed by atoms with E-state index in [1.807, 2.05) is 48.7 Å². The number of carboxylic acid groups (broad SMARTS) is 1. The molecule has 2 aromatic rings. The maximum Gasteiger partial charge on any atom is 0.325 e. The second-order valence-electron chi connectivity index (χ2n) is 6.54. The number of nitrogens with zero attached hydrogens (tertiary/aromatic N) is 1. The van der Waals surface area contributed by atoms with Crippen molar-refractivity contribution in [3.05, 3.63) is 30.0 Å². The number of fused-ring (bicyclic) bond motifs is 1. The molecular weight excluding hydrogens is 338 g/mol. The second kappa shape index (κ2) is 7.49. The molecular formula is C18H23N3O3S. The predicted octanol–water partition coefficient (Wildman–Crippen LogP) is 2.94. The van der Waals surface area contributed by atoms with Crippen molar-refractivity contribution in [1.82, 2.24) is 9.88 Å². The fraction of sp³-hybridized carbons (Fsp3) is 0.444. The highest BCUT2D eigenvalue weighted by molar-refractivity contribution is 7.99. The third-order valence-electron chi connectivity index (χ3n) is 4.44. The quantitative estimate of drug-likeness (QED) is 0.762. The van der Waals surface area contributed by atoms with Gasteiger partial charge in [0.05, 0.1) is 0 Å². The molecule has 1 aliphatic rings. The van der Waals surface area contributed by atoms with Crippen LogP contribution in [0.2, 0.25) is 0 Å². The van der Waals surface area contributed by atoms with Gasteiger partial charge in [-0.3, -0.25) is 14.5 Å². The van der Waals surface area contributed by atoms with Gasteiger partial charge in [0.25, 0.3) is 0 Å². The molecule has 7 heteroatoms. The Kier molecular flexibility index (Phi) is 5.34. The summed E-state index contributed by atoms with van der Waals surface area (Å²) in [7, 11) is 0. The van der Waals surface area contributed by atoms with E-state index in [4.69, 9.17) is 0 Å². The van der Waals surface area contributed by atoms with E-state index in [2.05, 4.69) is 10.3 Å². The van der Waals surface area contributed by atoms with Crippen molar-refractivity contribution in [3.8, 4) is 0 Å². The summed E-state index contributed by atoms with van der Waals surface area (Å²) in [6.45, 7) is 5.23. The normalized spacial score (nSPS) is 16.9. The minimum absolute atomic E-state index is 0.0413. The van der Waals surface area contributed by atoms with Crippen molar-refractivity contribution >= 4 is 40.2 Å². The molecule has 1 amide bonds. The molecule has 1 aromatic heterocycles. The fourth-order valence-corrected chi connectivity index (χ4v) is 3.99. The molecule has 3 N–H and O–H groups in total. The van der Waals surface area contributed by atoms with Crippen LogP contribution in [0.4, 0.5) is 5.69 Å². The summed E-state index contributed by atoms with van der Waals surface area (Å²) < 4.78 is 0. The number of carbonyl (C=O) groups is 2. The minimum Gasteiger partial charge on any atom is -0.480 e. The van der Waals surface area contributed by atoms with Crippen LogP contribution in [0.5, 0.6) is 0 Å². The molecule has 1 saturated heterocycles. The van der Waals surface area contributed by atoms with E-state index in [-0.39, 0.29) is 11.8 Å². The number of carboxylic acids is 1. The van der Waals surface area contributed by atoms with Crippen LogP contribution in [0.25, 0.3) is 10.9 Å². The number of aliphatic carboxylic acids is 1. The lowest BCUT2D eigenvalue weighted by Crippen LogP contribution is -2.39. The van der Waals surface area contributed by atoms with Crippen molar-refractivity contribution in [2.45, 2.75) is 19.9 Å². The van der Waals surface area contributed by atoms with Gasteiger partial charge >= 0.3 is 5.97 Å². The average molecular weight is 361 g/mol. The Labute approximate surface area is 151 Å². The molecule has 3 rings (SSSR count). The van der Waals surface area contributed by atoms with Crippen LogP contribution in [0, 0.1) is 5.92 Å². The monoisotopic (exact) mass is 361 g/mol. The maximum atomic E-state index is 11.9. The second-order valence-corrected chi connectivity index (χ2v) is 7.76. The summed E-state index contributed by atoms with van der Waals surface area (Å²) in [5, 5.41) is 13.5. The molecule has 6 nitrogen and oxygen atoms in total. The van der Waals surface area contributed by atoms with Crippen molar-refractivity contribution in [2.24, 2.45) is 5.92 Å². The Morgan fingerprint density at radius 1 is 1.28 bits per heavy atom. The number of amides is 1. The molecule has 0 saturated carbocycles. The Morgan fingerprint density at radius 2 is 2.00 bits per heavy atom. The molecule has 25 heavy (non-hydrogen) atoms. The minimum atomic E-state index is -0.829. The molecule has 0 radical (unpaired) electrons. The van der Waals surface area contributed by atoms with Gasteiger partial charge in [0.2, 0.25) is 5.91 Å². The number of aromatic nitrogens is 1. The molecule has 1 atom stereocenters. The van der Waals surface area contributed by atoms with E-state index in [0.29, 0.717) is 5.69 Å². The summed E-state index contributed by atoms with van der Waals surface area (Å²) in [5.74, 6) is 0.947. The molecule has 0 spiro atoms. The van der Waals surface area contributed by atoms with E-state index in [1.165, 1.54) is 0 Å². The van der Waals surface area contributed by atoms with Crippen LogP contribution >= 0.6 is 11.8 Å². The Hall–Kier alpha value is -1.99.